The summed E-state index contributed by atoms with van der Waals surface area (Å²) in [4.78, 5) is 0. The molecule has 0 aromatic heterocycles. The summed E-state index contributed by atoms with van der Waals surface area (Å²) in [6.07, 6.45) is -2.56. The number of hydrogen-bond donors (Lipinski definition) is 0. The maximum atomic E-state index is 12.1. The van der Waals surface area contributed by atoms with Gasteiger partial charge in [-0.3, -0.25) is 0 Å². The standard InChI is InChI=1S/C11H10BrF3O2/c12-8-3-4-9(17-11(13,14)15)10(5-8)16-6-7-1-2-7/h3-5,7H,1-2,6H2. The van der Waals surface area contributed by atoms with Crippen molar-refractivity contribution in [1.82, 2.24) is 0 Å². The molecule has 0 N–H and O–H groups in total. The lowest BCUT2D eigenvalue weighted by Gasteiger charge is -2.14. The van der Waals surface area contributed by atoms with Gasteiger partial charge in [0.2, 0.25) is 0 Å². The Bertz CT molecular complexity index is 402. The monoisotopic (exact) mass is 310 g/mol. The number of ether oxygens (including phenoxy) is 2. The topological polar surface area (TPSA) is 18.5 Å². The molecule has 0 atom stereocenters. The summed E-state index contributed by atoms with van der Waals surface area (Å²) < 4.78 is 46.3. The van der Waals surface area contributed by atoms with E-state index in [9.17, 15) is 13.2 Å². The second kappa shape index (κ2) is 4.76. The summed E-state index contributed by atoms with van der Waals surface area (Å²) in [7, 11) is 0. The SMILES string of the molecule is FC(F)(F)Oc1ccc(Br)cc1OCC1CC1. The van der Waals surface area contributed by atoms with Crippen molar-refractivity contribution >= 4 is 15.9 Å². The van der Waals surface area contributed by atoms with Gasteiger partial charge < -0.3 is 9.47 Å². The quantitative estimate of drug-likeness (QED) is 0.832. The minimum atomic E-state index is -4.70. The average molecular weight is 311 g/mol. The first-order valence-corrected chi connectivity index (χ1v) is 5.91. The van der Waals surface area contributed by atoms with E-state index in [1.807, 2.05) is 0 Å². The van der Waals surface area contributed by atoms with Crippen LogP contribution in [0, 0.1) is 5.92 Å². The molecule has 0 aliphatic heterocycles. The maximum Gasteiger partial charge on any atom is 0.573 e. The molecule has 1 aromatic rings. The van der Waals surface area contributed by atoms with Crippen molar-refractivity contribution in [1.29, 1.82) is 0 Å². The summed E-state index contributed by atoms with van der Waals surface area (Å²) in [5.41, 5.74) is 0. The molecule has 2 nitrogen and oxygen atoms in total. The third-order valence-electron chi connectivity index (χ3n) is 2.30. The Labute approximate surface area is 105 Å². The highest BCUT2D eigenvalue weighted by Crippen LogP contribution is 2.36. The van der Waals surface area contributed by atoms with Gasteiger partial charge in [0, 0.05) is 4.47 Å². The number of halogens is 4. The Hall–Kier alpha value is -0.910. The number of benzene rings is 1. The summed E-state index contributed by atoms with van der Waals surface area (Å²) in [6.45, 7) is 0.435. The Morgan fingerprint density at radius 1 is 1.24 bits per heavy atom. The largest absolute Gasteiger partial charge is 0.573 e. The molecule has 1 aliphatic carbocycles. The fourth-order valence-electron chi connectivity index (χ4n) is 1.30. The van der Waals surface area contributed by atoms with Crippen LogP contribution >= 0.6 is 15.9 Å². The van der Waals surface area contributed by atoms with Gasteiger partial charge in [-0.05, 0) is 37.0 Å². The van der Waals surface area contributed by atoms with Crippen LogP contribution in [0.4, 0.5) is 13.2 Å². The van der Waals surface area contributed by atoms with Crippen molar-refractivity contribution in [2.24, 2.45) is 5.92 Å². The summed E-state index contributed by atoms with van der Waals surface area (Å²) in [6, 6.07) is 4.19. The highest BCUT2D eigenvalue weighted by atomic mass is 79.9. The van der Waals surface area contributed by atoms with Crippen molar-refractivity contribution in [2.75, 3.05) is 6.61 Å². The molecule has 0 heterocycles. The zero-order valence-corrected chi connectivity index (χ0v) is 10.3. The normalized spacial score (nSPS) is 15.8. The first-order valence-electron chi connectivity index (χ1n) is 5.12. The first kappa shape index (κ1) is 12.5. The lowest BCUT2D eigenvalue weighted by atomic mass is 10.3. The zero-order chi connectivity index (χ0) is 12.5. The van der Waals surface area contributed by atoms with Crippen molar-refractivity contribution in [3.05, 3.63) is 22.7 Å². The second-order valence-electron chi connectivity index (χ2n) is 3.89. The minimum Gasteiger partial charge on any atom is -0.489 e. The molecule has 94 valence electrons. The van der Waals surface area contributed by atoms with Crippen LogP contribution in [-0.2, 0) is 0 Å². The predicted octanol–water partition coefficient (Wildman–Crippen LogP) is 4.14. The van der Waals surface area contributed by atoms with E-state index in [0.29, 0.717) is 17.0 Å². The van der Waals surface area contributed by atoms with Crippen molar-refractivity contribution in [3.63, 3.8) is 0 Å². The van der Waals surface area contributed by atoms with E-state index in [1.54, 1.807) is 0 Å². The highest BCUT2D eigenvalue weighted by Gasteiger charge is 2.32. The van der Waals surface area contributed by atoms with E-state index in [0.717, 1.165) is 12.8 Å². The molecule has 0 unspecified atom stereocenters. The van der Waals surface area contributed by atoms with Crippen molar-refractivity contribution in [2.45, 2.75) is 19.2 Å². The first-order chi connectivity index (χ1) is 7.94. The second-order valence-corrected chi connectivity index (χ2v) is 4.81. The van der Waals surface area contributed by atoms with Crippen LogP contribution in [0.1, 0.15) is 12.8 Å². The molecule has 1 aliphatic rings. The Morgan fingerprint density at radius 2 is 1.94 bits per heavy atom. The molecule has 0 spiro atoms. The summed E-state index contributed by atoms with van der Waals surface area (Å²) >= 11 is 3.18. The lowest BCUT2D eigenvalue weighted by molar-refractivity contribution is -0.275. The minimum absolute atomic E-state index is 0.114. The van der Waals surface area contributed by atoms with Gasteiger partial charge >= 0.3 is 6.36 Å². The number of rotatable bonds is 4. The number of alkyl halides is 3. The van der Waals surface area contributed by atoms with Gasteiger partial charge in [0.25, 0.3) is 0 Å². The fraction of sp³-hybridized carbons (Fsp3) is 0.455. The van der Waals surface area contributed by atoms with Gasteiger partial charge in [0.05, 0.1) is 6.61 Å². The van der Waals surface area contributed by atoms with Crippen LogP contribution in [0.2, 0.25) is 0 Å². The lowest BCUT2D eigenvalue weighted by Crippen LogP contribution is -2.18. The van der Waals surface area contributed by atoms with Crippen LogP contribution in [0.5, 0.6) is 11.5 Å². The smallest absolute Gasteiger partial charge is 0.489 e. The van der Waals surface area contributed by atoms with Gasteiger partial charge in [0.15, 0.2) is 11.5 Å². The Kier molecular flexibility index (Phi) is 3.51. The molecular formula is C11H10BrF3O2. The van der Waals surface area contributed by atoms with Crippen molar-refractivity contribution < 1.29 is 22.6 Å². The molecule has 6 heteroatoms. The van der Waals surface area contributed by atoms with E-state index in [4.69, 9.17) is 4.74 Å². The van der Waals surface area contributed by atoms with Gasteiger partial charge in [-0.15, -0.1) is 13.2 Å². The van der Waals surface area contributed by atoms with E-state index < -0.39 is 6.36 Å². The molecule has 0 bridgehead atoms. The molecular weight excluding hydrogens is 301 g/mol. The fourth-order valence-corrected chi connectivity index (χ4v) is 1.64. The van der Waals surface area contributed by atoms with Crippen LogP contribution in [-0.4, -0.2) is 13.0 Å². The van der Waals surface area contributed by atoms with Crippen LogP contribution in [0.3, 0.4) is 0 Å². The molecule has 17 heavy (non-hydrogen) atoms. The van der Waals surface area contributed by atoms with E-state index in [-0.39, 0.29) is 11.5 Å². The molecule has 0 saturated heterocycles. The van der Waals surface area contributed by atoms with Gasteiger partial charge in [0.1, 0.15) is 0 Å². The zero-order valence-electron chi connectivity index (χ0n) is 8.76. The van der Waals surface area contributed by atoms with Crippen LogP contribution in [0.15, 0.2) is 22.7 Å². The maximum absolute atomic E-state index is 12.1. The van der Waals surface area contributed by atoms with E-state index in [2.05, 4.69) is 20.7 Å². The average Bonchev–Trinajstić information content (AvgIpc) is 3.00. The molecule has 0 radical (unpaired) electrons. The van der Waals surface area contributed by atoms with Gasteiger partial charge in [-0.1, -0.05) is 15.9 Å². The van der Waals surface area contributed by atoms with E-state index in [1.165, 1.54) is 18.2 Å². The van der Waals surface area contributed by atoms with E-state index >= 15 is 0 Å². The third-order valence-corrected chi connectivity index (χ3v) is 2.80. The Morgan fingerprint density at radius 3 is 2.53 bits per heavy atom. The number of hydrogen-bond acceptors (Lipinski definition) is 2. The molecule has 1 fully saturated rings. The van der Waals surface area contributed by atoms with Gasteiger partial charge in [-0.25, -0.2) is 0 Å². The highest BCUT2D eigenvalue weighted by molar-refractivity contribution is 9.10. The predicted molar refractivity (Wildman–Crippen MR) is 59.0 cm³/mol. The summed E-state index contributed by atoms with van der Waals surface area (Å²) in [5.74, 6) is 0.276. The molecule has 2 rings (SSSR count). The summed E-state index contributed by atoms with van der Waals surface area (Å²) in [5, 5.41) is 0. The van der Waals surface area contributed by atoms with Gasteiger partial charge in [-0.2, -0.15) is 0 Å². The van der Waals surface area contributed by atoms with Crippen molar-refractivity contribution in [3.8, 4) is 11.5 Å². The molecule has 1 saturated carbocycles. The molecule has 0 amide bonds. The van der Waals surface area contributed by atoms with Crippen LogP contribution in [0.25, 0.3) is 0 Å². The Balaban J connectivity index is 2.11. The molecule has 1 aromatic carbocycles. The third kappa shape index (κ3) is 4.11. The van der Waals surface area contributed by atoms with Crippen LogP contribution < -0.4 is 9.47 Å².